The predicted molar refractivity (Wildman–Crippen MR) is 86.0 cm³/mol. The summed E-state index contributed by atoms with van der Waals surface area (Å²) in [5.41, 5.74) is 1.46. The molecule has 1 fully saturated rings. The molecular weight excluding hydrogens is 252 g/mol. The van der Waals surface area contributed by atoms with Gasteiger partial charge in [-0.2, -0.15) is 11.8 Å². The van der Waals surface area contributed by atoms with Gasteiger partial charge in [-0.05, 0) is 43.9 Å². The van der Waals surface area contributed by atoms with Gasteiger partial charge >= 0.3 is 0 Å². The van der Waals surface area contributed by atoms with Gasteiger partial charge in [-0.15, -0.1) is 0 Å². The fraction of sp³-hybridized carbons (Fsp3) is 0.625. The van der Waals surface area contributed by atoms with E-state index in [4.69, 9.17) is 0 Å². The summed E-state index contributed by atoms with van der Waals surface area (Å²) in [4.78, 5) is 2.68. The van der Waals surface area contributed by atoms with Crippen LogP contribution >= 0.6 is 11.8 Å². The molecule has 1 saturated heterocycles. The zero-order valence-corrected chi connectivity index (χ0v) is 13.0. The summed E-state index contributed by atoms with van der Waals surface area (Å²) in [6.07, 6.45) is 4.67. The van der Waals surface area contributed by atoms with Crippen LogP contribution in [0.25, 0.3) is 0 Å². The van der Waals surface area contributed by atoms with Crippen LogP contribution in [0.2, 0.25) is 0 Å². The van der Waals surface area contributed by atoms with Crippen LogP contribution in [0, 0.1) is 0 Å². The summed E-state index contributed by atoms with van der Waals surface area (Å²) in [7, 11) is 0. The number of hydrogen-bond donors (Lipinski definition) is 1. The lowest BCUT2D eigenvalue weighted by atomic mass is 10.0. The SMILES string of the molecule is CSCCCN1CC(C)NCC1Cc1ccccc1. The molecule has 1 aliphatic heterocycles. The molecule has 1 N–H and O–H groups in total. The zero-order valence-electron chi connectivity index (χ0n) is 12.1. The van der Waals surface area contributed by atoms with Gasteiger partial charge < -0.3 is 5.32 Å². The second kappa shape index (κ2) is 7.93. The first-order chi connectivity index (χ1) is 9.29. The number of thioether (sulfide) groups is 1. The Balaban J connectivity index is 1.91. The quantitative estimate of drug-likeness (QED) is 0.805. The second-order valence-corrected chi connectivity index (χ2v) is 6.48. The molecule has 1 aromatic rings. The highest BCUT2D eigenvalue weighted by atomic mass is 32.2. The smallest absolute Gasteiger partial charge is 0.0261 e. The van der Waals surface area contributed by atoms with E-state index in [1.807, 2.05) is 11.8 Å². The van der Waals surface area contributed by atoms with E-state index in [2.05, 4.69) is 53.7 Å². The van der Waals surface area contributed by atoms with Gasteiger partial charge in [0.15, 0.2) is 0 Å². The molecule has 0 amide bonds. The van der Waals surface area contributed by atoms with Crippen LogP contribution in [0.5, 0.6) is 0 Å². The van der Waals surface area contributed by atoms with Gasteiger partial charge in [-0.3, -0.25) is 4.90 Å². The minimum absolute atomic E-state index is 0.626. The highest BCUT2D eigenvalue weighted by Gasteiger charge is 2.25. The normalized spacial score (nSPS) is 24.5. The summed E-state index contributed by atoms with van der Waals surface area (Å²) in [5.74, 6) is 1.27. The van der Waals surface area contributed by atoms with E-state index in [1.54, 1.807) is 0 Å². The van der Waals surface area contributed by atoms with E-state index in [1.165, 1.54) is 37.2 Å². The third kappa shape index (κ3) is 4.83. The monoisotopic (exact) mass is 278 g/mol. The Morgan fingerprint density at radius 3 is 2.84 bits per heavy atom. The molecular formula is C16H26N2S. The molecule has 2 rings (SSSR count). The Morgan fingerprint density at radius 2 is 2.11 bits per heavy atom. The summed E-state index contributed by atoms with van der Waals surface area (Å²) in [6, 6.07) is 12.2. The van der Waals surface area contributed by atoms with Crippen molar-refractivity contribution in [3.05, 3.63) is 35.9 Å². The van der Waals surface area contributed by atoms with Gasteiger partial charge in [-0.1, -0.05) is 30.3 Å². The van der Waals surface area contributed by atoms with Gasteiger partial charge in [-0.25, -0.2) is 0 Å². The summed E-state index contributed by atoms with van der Waals surface area (Å²) >= 11 is 1.95. The van der Waals surface area contributed by atoms with Crippen molar-refractivity contribution >= 4 is 11.8 Å². The van der Waals surface area contributed by atoms with E-state index in [9.17, 15) is 0 Å². The van der Waals surface area contributed by atoms with Crippen LogP contribution in [0.4, 0.5) is 0 Å². The van der Waals surface area contributed by atoms with Gasteiger partial charge in [0.1, 0.15) is 0 Å². The number of benzene rings is 1. The van der Waals surface area contributed by atoms with Crippen molar-refractivity contribution < 1.29 is 0 Å². The molecule has 1 aromatic carbocycles. The lowest BCUT2D eigenvalue weighted by molar-refractivity contribution is 0.135. The number of hydrogen-bond acceptors (Lipinski definition) is 3. The summed E-state index contributed by atoms with van der Waals surface area (Å²) in [5, 5.41) is 3.63. The van der Waals surface area contributed by atoms with E-state index >= 15 is 0 Å². The van der Waals surface area contributed by atoms with Crippen molar-refractivity contribution in [2.45, 2.75) is 31.8 Å². The summed E-state index contributed by atoms with van der Waals surface area (Å²) in [6.45, 7) is 5.84. The molecule has 0 bridgehead atoms. The van der Waals surface area contributed by atoms with Crippen LogP contribution in [0.3, 0.4) is 0 Å². The molecule has 2 nitrogen and oxygen atoms in total. The van der Waals surface area contributed by atoms with Gasteiger partial charge in [0.2, 0.25) is 0 Å². The van der Waals surface area contributed by atoms with Crippen LogP contribution in [0.15, 0.2) is 30.3 Å². The number of piperazine rings is 1. The first-order valence-electron chi connectivity index (χ1n) is 7.30. The second-order valence-electron chi connectivity index (χ2n) is 5.49. The Labute approximate surface area is 122 Å². The Kier molecular flexibility index (Phi) is 6.21. The molecule has 3 heteroatoms. The van der Waals surface area contributed by atoms with Crippen molar-refractivity contribution in [3.8, 4) is 0 Å². The third-order valence-corrected chi connectivity index (χ3v) is 4.53. The summed E-state index contributed by atoms with van der Waals surface area (Å²) < 4.78 is 0. The van der Waals surface area contributed by atoms with Crippen LogP contribution < -0.4 is 5.32 Å². The first-order valence-corrected chi connectivity index (χ1v) is 8.69. The molecule has 0 spiro atoms. The molecule has 1 heterocycles. The van der Waals surface area contributed by atoms with E-state index in [0.29, 0.717) is 12.1 Å². The highest BCUT2D eigenvalue weighted by Crippen LogP contribution is 2.14. The zero-order chi connectivity index (χ0) is 13.5. The molecule has 0 radical (unpaired) electrons. The van der Waals surface area contributed by atoms with Crippen molar-refractivity contribution in [1.29, 1.82) is 0 Å². The molecule has 0 saturated carbocycles. The maximum absolute atomic E-state index is 3.63. The lowest BCUT2D eigenvalue weighted by Gasteiger charge is -2.39. The van der Waals surface area contributed by atoms with E-state index in [-0.39, 0.29) is 0 Å². The molecule has 0 aliphatic carbocycles. The third-order valence-electron chi connectivity index (χ3n) is 3.83. The Morgan fingerprint density at radius 1 is 1.32 bits per heavy atom. The van der Waals surface area contributed by atoms with Gasteiger partial charge in [0.25, 0.3) is 0 Å². The van der Waals surface area contributed by atoms with Crippen molar-refractivity contribution in [2.75, 3.05) is 31.6 Å². The Bertz CT molecular complexity index is 355. The van der Waals surface area contributed by atoms with Crippen molar-refractivity contribution in [3.63, 3.8) is 0 Å². The van der Waals surface area contributed by atoms with Crippen LogP contribution in [-0.4, -0.2) is 48.6 Å². The number of rotatable bonds is 6. The predicted octanol–water partition coefficient (Wildman–Crippen LogP) is 2.64. The first kappa shape index (κ1) is 14.9. The van der Waals surface area contributed by atoms with Crippen molar-refractivity contribution in [1.82, 2.24) is 10.2 Å². The standard InChI is InChI=1S/C16H26N2S/c1-14-13-18(9-6-10-19-2)16(12-17-14)11-15-7-4-3-5-8-15/h3-5,7-8,14,16-17H,6,9-13H2,1-2H3. The lowest BCUT2D eigenvalue weighted by Crippen LogP contribution is -2.56. The minimum Gasteiger partial charge on any atom is -0.311 e. The van der Waals surface area contributed by atoms with Crippen molar-refractivity contribution in [2.24, 2.45) is 0 Å². The van der Waals surface area contributed by atoms with Crippen LogP contribution in [0.1, 0.15) is 18.9 Å². The fourth-order valence-corrected chi connectivity index (χ4v) is 3.22. The van der Waals surface area contributed by atoms with Gasteiger partial charge in [0.05, 0.1) is 0 Å². The van der Waals surface area contributed by atoms with Crippen LogP contribution in [-0.2, 0) is 6.42 Å². The largest absolute Gasteiger partial charge is 0.311 e. The maximum Gasteiger partial charge on any atom is 0.0261 e. The highest BCUT2D eigenvalue weighted by molar-refractivity contribution is 7.98. The topological polar surface area (TPSA) is 15.3 Å². The number of nitrogens with one attached hydrogen (secondary N) is 1. The van der Waals surface area contributed by atoms with E-state index in [0.717, 1.165) is 6.54 Å². The molecule has 106 valence electrons. The van der Waals surface area contributed by atoms with Gasteiger partial charge in [0, 0.05) is 25.2 Å². The average Bonchev–Trinajstić information content (AvgIpc) is 2.43. The molecule has 2 atom stereocenters. The minimum atomic E-state index is 0.626. The molecule has 2 unspecified atom stereocenters. The fourth-order valence-electron chi connectivity index (χ4n) is 2.80. The average molecular weight is 278 g/mol. The molecule has 0 aromatic heterocycles. The maximum atomic E-state index is 3.63. The molecule has 19 heavy (non-hydrogen) atoms. The van der Waals surface area contributed by atoms with E-state index < -0.39 is 0 Å². The molecule has 1 aliphatic rings. The Hall–Kier alpha value is -0.510. The number of nitrogens with zero attached hydrogens (tertiary/aromatic N) is 1.